The second-order valence-electron chi connectivity index (χ2n) is 6.96. The predicted octanol–water partition coefficient (Wildman–Crippen LogP) is 4.08. The lowest BCUT2D eigenvalue weighted by molar-refractivity contribution is 0.284. The van der Waals surface area contributed by atoms with E-state index in [2.05, 4.69) is 9.93 Å². The first-order valence-electron chi connectivity index (χ1n) is 9.57. The van der Waals surface area contributed by atoms with Gasteiger partial charge in [0.2, 0.25) is 0 Å². The monoisotopic (exact) mass is 435 g/mol. The molecule has 3 aromatic carbocycles. The zero-order valence-electron chi connectivity index (χ0n) is 16.8. The molecule has 4 aromatic rings. The SMILES string of the molecule is Cc1ccc(-c2cc(COc3ccccc3O)nn2NS(=O)(=O)c2ccccc2)cc1. The fourth-order valence-electron chi connectivity index (χ4n) is 3.00. The second-order valence-corrected chi connectivity index (χ2v) is 8.62. The lowest BCUT2D eigenvalue weighted by atomic mass is 10.1. The number of benzene rings is 3. The van der Waals surface area contributed by atoms with Crippen LogP contribution in [0.2, 0.25) is 0 Å². The molecule has 0 saturated carbocycles. The highest BCUT2D eigenvalue weighted by molar-refractivity contribution is 7.92. The Morgan fingerprint density at radius 2 is 1.65 bits per heavy atom. The number of aromatic nitrogens is 2. The summed E-state index contributed by atoms with van der Waals surface area (Å²) in [4.78, 5) is 3.88. The van der Waals surface area contributed by atoms with Crippen molar-refractivity contribution >= 4 is 10.0 Å². The van der Waals surface area contributed by atoms with Crippen molar-refractivity contribution in [3.8, 4) is 22.8 Å². The first-order valence-corrected chi connectivity index (χ1v) is 11.1. The van der Waals surface area contributed by atoms with Gasteiger partial charge in [-0.1, -0.05) is 60.2 Å². The Morgan fingerprint density at radius 1 is 0.968 bits per heavy atom. The van der Waals surface area contributed by atoms with E-state index >= 15 is 0 Å². The molecule has 0 atom stereocenters. The molecule has 0 unspecified atom stereocenters. The fourth-order valence-corrected chi connectivity index (χ4v) is 3.98. The van der Waals surface area contributed by atoms with Gasteiger partial charge in [0.1, 0.15) is 12.3 Å². The average molecular weight is 436 g/mol. The minimum Gasteiger partial charge on any atom is -0.504 e. The molecule has 8 heteroatoms. The number of hydrogen-bond donors (Lipinski definition) is 2. The highest BCUT2D eigenvalue weighted by Crippen LogP contribution is 2.26. The summed E-state index contributed by atoms with van der Waals surface area (Å²) in [6.45, 7) is 2.03. The van der Waals surface area contributed by atoms with Crippen LogP contribution in [0.25, 0.3) is 11.3 Å². The summed E-state index contributed by atoms with van der Waals surface area (Å²) in [6.07, 6.45) is 0. The third kappa shape index (κ3) is 4.70. The van der Waals surface area contributed by atoms with Gasteiger partial charge in [-0.15, -0.1) is 0 Å². The molecular formula is C23H21N3O4S. The van der Waals surface area contributed by atoms with Gasteiger partial charge in [-0.05, 0) is 37.3 Å². The highest BCUT2D eigenvalue weighted by atomic mass is 32.2. The molecule has 0 aliphatic carbocycles. The maximum atomic E-state index is 12.8. The van der Waals surface area contributed by atoms with Crippen molar-refractivity contribution in [1.29, 1.82) is 0 Å². The molecule has 158 valence electrons. The molecule has 31 heavy (non-hydrogen) atoms. The lowest BCUT2D eigenvalue weighted by Crippen LogP contribution is -2.25. The number of para-hydroxylation sites is 2. The zero-order valence-corrected chi connectivity index (χ0v) is 17.6. The molecule has 0 saturated heterocycles. The van der Waals surface area contributed by atoms with Crippen LogP contribution in [0, 0.1) is 6.92 Å². The van der Waals surface area contributed by atoms with E-state index in [9.17, 15) is 13.5 Å². The summed E-state index contributed by atoms with van der Waals surface area (Å²) >= 11 is 0. The van der Waals surface area contributed by atoms with Gasteiger partial charge in [0.25, 0.3) is 10.0 Å². The molecule has 7 nitrogen and oxygen atoms in total. The fraction of sp³-hybridized carbons (Fsp3) is 0.0870. The van der Waals surface area contributed by atoms with Crippen molar-refractivity contribution < 1.29 is 18.3 Å². The molecule has 0 radical (unpaired) electrons. The lowest BCUT2D eigenvalue weighted by Gasteiger charge is -2.11. The highest BCUT2D eigenvalue weighted by Gasteiger charge is 2.18. The van der Waals surface area contributed by atoms with Gasteiger partial charge in [0.05, 0.1) is 10.6 Å². The van der Waals surface area contributed by atoms with Gasteiger partial charge < -0.3 is 9.84 Å². The minimum atomic E-state index is -3.84. The maximum absolute atomic E-state index is 12.8. The van der Waals surface area contributed by atoms with Crippen LogP contribution in [-0.4, -0.2) is 23.4 Å². The van der Waals surface area contributed by atoms with E-state index in [-0.39, 0.29) is 17.3 Å². The van der Waals surface area contributed by atoms with Gasteiger partial charge in [-0.3, -0.25) is 0 Å². The Kier molecular flexibility index (Phi) is 5.64. The van der Waals surface area contributed by atoms with Crippen molar-refractivity contribution in [3.05, 3.63) is 96.2 Å². The van der Waals surface area contributed by atoms with Gasteiger partial charge in [-0.25, -0.2) is 0 Å². The normalized spacial score (nSPS) is 11.3. The number of aryl methyl sites for hydroxylation is 1. The van der Waals surface area contributed by atoms with Crippen LogP contribution < -0.4 is 9.57 Å². The molecule has 4 rings (SSSR count). The molecule has 0 bridgehead atoms. The van der Waals surface area contributed by atoms with E-state index in [4.69, 9.17) is 4.74 Å². The average Bonchev–Trinajstić information content (AvgIpc) is 3.16. The number of aromatic hydroxyl groups is 1. The third-order valence-corrected chi connectivity index (χ3v) is 5.91. The number of sulfonamides is 1. The van der Waals surface area contributed by atoms with Crippen molar-refractivity contribution in [3.63, 3.8) is 0 Å². The summed E-state index contributed by atoms with van der Waals surface area (Å²) in [7, 11) is -3.84. The van der Waals surface area contributed by atoms with E-state index in [1.54, 1.807) is 42.5 Å². The Bertz CT molecular complexity index is 1280. The first-order chi connectivity index (χ1) is 14.9. The van der Waals surface area contributed by atoms with Crippen molar-refractivity contribution in [1.82, 2.24) is 9.89 Å². The largest absolute Gasteiger partial charge is 0.504 e. The van der Waals surface area contributed by atoms with Crippen molar-refractivity contribution in [2.75, 3.05) is 4.83 Å². The summed E-state index contributed by atoms with van der Waals surface area (Å²) in [5.74, 6) is 0.337. The van der Waals surface area contributed by atoms with E-state index in [0.29, 0.717) is 17.1 Å². The molecule has 0 amide bonds. The maximum Gasteiger partial charge on any atom is 0.276 e. The quantitative estimate of drug-likeness (QED) is 0.456. The summed E-state index contributed by atoms with van der Waals surface area (Å²) in [5, 5.41) is 14.3. The second kappa shape index (κ2) is 8.53. The van der Waals surface area contributed by atoms with Gasteiger partial charge in [-0.2, -0.15) is 23.1 Å². The van der Waals surface area contributed by atoms with Crippen LogP contribution >= 0.6 is 0 Å². The number of phenolic OH excluding ortho intramolecular Hbond substituents is 1. The van der Waals surface area contributed by atoms with Crippen LogP contribution in [0.4, 0.5) is 0 Å². The van der Waals surface area contributed by atoms with Crippen LogP contribution in [0.1, 0.15) is 11.3 Å². The Hall–Kier alpha value is -3.78. The van der Waals surface area contributed by atoms with Crippen molar-refractivity contribution in [2.24, 2.45) is 0 Å². The summed E-state index contributed by atoms with van der Waals surface area (Å²) < 4.78 is 31.3. The van der Waals surface area contributed by atoms with Crippen LogP contribution in [0.3, 0.4) is 0 Å². The Morgan fingerprint density at radius 3 is 2.35 bits per heavy atom. The number of hydrogen-bond acceptors (Lipinski definition) is 5. The Balaban J connectivity index is 1.67. The molecule has 2 N–H and O–H groups in total. The molecule has 0 fully saturated rings. The number of ether oxygens (including phenoxy) is 1. The number of nitrogens with zero attached hydrogens (tertiary/aromatic N) is 2. The minimum absolute atomic E-state index is 0.0190. The predicted molar refractivity (Wildman–Crippen MR) is 118 cm³/mol. The van der Waals surface area contributed by atoms with Crippen LogP contribution in [0.5, 0.6) is 11.5 Å². The van der Waals surface area contributed by atoms with Gasteiger partial charge in [0.15, 0.2) is 11.5 Å². The van der Waals surface area contributed by atoms with E-state index in [0.717, 1.165) is 11.1 Å². The Labute approximate surface area is 180 Å². The van der Waals surface area contributed by atoms with Gasteiger partial charge in [0, 0.05) is 5.56 Å². The van der Waals surface area contributed by atoms with Crippen molar-refractivity contribution in [2.45, 2.75) is 18.4 Å². The van der Waals surface area contributed by atoms with Crippen LogP contribution in [0.15, 0.2) is 89.8 Å². The van der Waals surface area contributed by atoms with E-state index in [1.807, 2.05) is 31.2 Å². The molecular weight excluding hydrogens is 414 g/mol. The zero-order chi connectivity index (χ0) is 21.8. The number of rotatable bonds is 7. The van der Waals surface area contributed by atoms with E-state index in [1.165, 1.54) is 23.0 Å². The molecule has 0 aliphatic rings. The van der Waals surface area contributed by atoms with Crippen LogP contribution in [-0.2, 0) is 16.6 Å². The smallest absolute Gasteiger partial charge is 0.276 e. The molecule has 1 aromatic heterocycles. The number of phenols is 1. The molecule has 1 heterocycles. The molecule has 0 spiro atoms. The summed E-state index contributed by atoms with van der Waals surface area (Å²) in [6, 6.07) is 24.1. The van der Waals surface area contributed by atoms with E-state index < -0.39 is 10.0 Å². The van der Waals surface area contributed by atoms with Gasteiger partial charge >= 0.3 is 0 Å². The number of nitrogens with one attached hydrogen (secondary N) is 1. The molecule has 0 aliphatic heterocycles. The first kappa shape index (κ1) is 20.5. The topological polar surface area (TPSA) is 93.4 Å². The summed E-state index contributed by atoms with van der Waals surface area (Å²) in [5.41, 5.74) is 2.94. The standard InChI is InChI=1S/C23H21N3O4S/c1-17-11-13-18(14-12-17)21-15-19(16-30-23-10-6-5-9-22(23)27)24-26(21)25-31(28,29)20-7-3-2-4-8-20/h2-15,25,27H,16H2,1H3. The third-order valence-electron chi connectivity index (χ3n) is 4.61.